The fourth-order valence-electron chi connectivity index (χ4n) is 4.64. The zero-order chi connectivity index (χ0) is 19.7. The highest BCUT2D eigenvalue weighted by atomic mass is 32.1. The molecule has 4 rings (SSSR count). The lowest BCUT2D eigenvalue weighted by Gasteiger charge is -2.43. The van der Waals surface area contributed by atoms with Crippen LogP contribution in [0.4, 0.5) is 0 Å². The maximum atomic E-state index is 12.8. The van der Waals surface area contributed by atoms with E-state index in [9.17, 15) is 14.7 Å². The SMILES string of the molecule is CC(=O)N1C[C@H]2CCN(C(=O)CCCc3nc4ccccc4s3)C[C@@]2(CO)C1. The van der Waals surface area contributed by atoms with Crippen molar-refractivity contribution in [1.82, 2.24) is 14.8 Å². The topological polar surface area (TPSA) is 73.7 Å². The third-order valence-corrected chi connectivity index (χ3v) is 7.39. The predicted molar refractivity (Wildman–Crippen MR) is 109 cm³/mol. The van der Waals surface area contributed by atoms with Gasteiger partial charge in [-0.15, -0.1) is 11.3 Å². The number of carbonyl (C=O) groups is 2. The van der Waals surface area contributed by atoms with E-state index in [1.165, 1.54) is 4.70 Å². The molecule has 2 saturated heterocycles. The highest BCUT2D eigenvalue weighted by Gasteiger charge is 2.50. The third-order valence-electron chi connectivity index (χ3n) is 6.30. The molecule has 2 aromatic rings. The lowest BCUT2D eigenvalue weighted by Crippen LogP contribution is -2.52. The smallest absolute Gasteiger partial charge is 0.222 e. The van der Waals surface area contributed by atoms with Crippen LogP contribution in [0.1, 0.15) is 31.2 Å². The Morgan fingerprint density at radius 2 is 2.07 bits per heavy atom. The Morgan fingerprint density at radius 1 is 1.29 bits per heavy atom. The van der Waals surface area contributed by atoms with Crippen molar-refractivity contribution in [3.63, 3.8) is 0 Å². The maximum absolute atomic E-state index is 12.8. The van der Waals surface area contributed by atoms with Crippen molar-refractivity contribution in [2.45, 2.75) is 32.6 Å². The molecule has 150 valence electrons. The summed E-state index contributed by atoms with van der Waals surface area (Å²) in [5.74, 6) is 0.484. The number of carbonyl (C=O) groups excluding carboxylic acids is 2. The number of likely N-dealkylation sites (tertiary alicyclic amines) is 2. The van der Waals surface area contributed by atoms with Crippen LogP contribution >= 0.6 is 11.3 Å². The van der Waals surface area contributed by atoms with Gasteiger partial charge in [-0.05, 0) is 37.3 Å². The molecule has 2 fully saturated rings. The number of aromatic nitrogens is 1. The zero-order valence-corrected chi connectivity index (χ0v) is 17.1. The van der Waals surface area contributed by atoms with E-state index >= 15 is 0 Å². The lowest BCUT2D eigenvalue weighted by atomic mass is 9.74. The highest BCUT2D eigenvalue weighted by Crippen LogP contribution is 2.42. The standard InChI is InChI=1S/C21H27N3O3S/c1-15(26)24-11-16-9-10-23(12-21(16,13-24)14-25)20(27)8-4-7-19-22-17-5-2-3-6-18(17)28-19/h2-3,5-6,16,25H,4,7-14H2,1H3/t16-,21+/m1/s1. The summed E-state index contributed by atoms with van der Waals surface area (Å²) < 4.78 is 1.19. The van der Waals surface area contributed by atoms with Crippen LogP contribution in [0.25, 0.3) is 10.2 Å². The van der Waals surface area contributed by atoms with Crippen molar-refractivity contribution in [1.29, 1.82) is 0 Å². The normalized spacial score (nSPS) is 24.6. The highest BCUT2D eigenvalue weighted by molar-refractivity contribution is 7.18. The molecule has 1 aromatic heterocycles. The second-order valence-corrected chi connectivity index (χ2v) is 9.27. The molecule has 1 aromatic carbocycles. The second kappa shape index (κ2) is 7.79. The summed E-state index contributed by atoms with van der Waals surface area (Å²) >= 11 is 1.70. The molecule has 2 aliphatic heterocycles. The number of amides is 2. The first-order valence-electron chi connectivity index (χ1n) is 9.99. The van der Waals surface area contributed by atoms with Crippen LogP contribution in [0, 0.1) is 11.3 Å². The Labute approximate surface area is 169 Å². The van der Waals surface area contributed by atoms with Gasteiger partial charge in [-0.25, -0.2) is 4.98 Å². The van der Waals surface area contributed by atoms with Crippen LogP contribution in [-0.4, -0.2) is 64.5 Å². The minimum atomic E-state index is -0.355. The number of hydrogen-bond donors (Lipinski definition) is 1. The average molecular weight is 402 g/mol. The number of para-hydroxylation sites is 1. The van der Waals surface area contributed by atoms with Gasteiger partial charge in [-0.3, -0.25) is 9.59 Å². The predicted octanol–water partition coefficient (Wildman–Crippen LogP) is 2.31. The Kier molecular flexibility index (Phi) is 5.38. The number of thiazole rings is 1. The third kappa shape index (κ3) is 3.65. The molecule has 6 nitrogen and oxygen atoms in total. The van der Waals surface area contributed by atoms with Crippen LogP contribution < -0.4 is 0 Å². The summed E-state index contributed by atoms with van der Waals surface area (Å²) in [6.45, 7) is 4.13. The molecule has 28 heavy (non-hydrogen) atoms. The van der Waals surface area contributed by atoms with Crippen LogP contribution in [0.3, 0.4) is 0 Å². The number of hydrogen-bond acceptors (Lipinski definition) is 5. The minimum Gasteiger partial charge on any atom is -0.396 e. The van der Waals surface area contributed by atoms with E-state index in [1.54, 1.807) is 18.3 Å². The molecular weight excluding hydrogens is 374 g/mol. The van der Waals surface area contributed by atoms with Gasteiger partial charge in [0.25, 0.3) is 0 Å². The van der Waals surface area contributed by atoms with Gasteiger partial charge in [-0.1, -0.05) is 12.1 Å². The Hall–Kier alpha value is -1.99. The van der Waals surface area contributed by atoms with Gasteiger partial charge in [0.1, 0.15) is 0 Å². The van der Waals surface area contributed by atoms with E-state index in [1.807, 2.05) is 28.0 Å². The number of rotatable bonds is 5. The number of aryl methyl sites for hydroxylation is 1. The fraction of sp³-hybridized carbons (Fsp3) is 0.571. The molecule has 7 heteroatoms. The van der Waals surface area contributed by atoms with Crippen molar-refractivity contribution in [2.24, 2.45) is 11.3 Å². The van der Waals surface area contributed by atoms with Gasteiger partial charge >= 0.3 is 0 Å². The average Bonchev–Trinajstić information content (AvgIpc) is 3.28. The molecule has 2 atom stereocenters. The monoisotopic (exact) mass is 401 g/mol. The first-order chi connectivity index (χ1) is 13.5. The van der Waals surface area contributed by atoms with Crippen molar-refractivity contribution < 1.29 is 14.7 Å². The van der Waals surface area contributed by atoms with Crippen molar-refractivity contribution in [2.75, 3.05) is 32.8 Å². The Morgan fingerprint density at radius 3 is 2.82 bits per heavy atom. The summed E-state index contributed by atoms with van der Waals surface area (Å²) in [7, 11) is 0. The van der Waals surface area contributed by atoms with E-state index in [-0.39, 0.29) is 29.8 Å². The van der Waals surface area contributed by atoms with Gasteiger partial charge < -0.3 is 14.9 Å². The van der Waals surface area contributed by atoms with Crippen molar-refractivity contribution >= 4 is 33.4 Å². The Bertz CT molecular complexity index is 850. The first kappa shape index (κ1) is 19.3. The quantitative estimate of drug-likeness (QED) is 0.834. The number of aliphatic hydroxyl groups excluding tert-OH is 1. The molecule has 0 radical (unpaired) electrons. The molecule has 0 spiro atoms. The summed E-state index contributed by atoms with van der Waals surface area (Å²) in [4.78, 5) is 32.9. The summed E-state index contributed by atoms with van der Waals surface area (Å²) in [5, 5.41) is 11.1. The zero-order valence-electron chi connectivity index (χ0n) is 16.3. The number of nitrogens with zero attached hydrogens (tertiary/aromatic N) is 3. The number of benzene rings is 1. The lowest BCUT2D eigenvalue weighted by molar-refractivity contribution is -0.136. The van der Waals surface area contributed by atoms with E-state index in [4.69, 9.17) is 0 Å². The number of piperidine rings is 1. The molecule has 0 saturated carbocycles. The van der Waals surface area contributed by atoms with Gasteiger partial charge in [0, 0.05) is 44.9 Å². The molecule has 0 unspecified atom stereocenters. The Balaban J connectivity index is 1.33. The van der Waals surface area contributed by atoms with Gasteiger partial charge in [0.15, 0.2) is 0 Å². The fourth-order valence-corrected chi connectivity index (χ4v) is 5.65. The number of aliphatic hydroxyl groups is 1. The molecule has 2 amide bonds. The second-order valence-electron chi connectivity index (χ2n) is 8.15. The molecule has 0 aliphatic carbocycles. The summed E-state index contributed by atoms with van der Waals surface area (Å²) in [5.41, 5.74) is 0.670. The van der Waals surface area contributed by atoms with E-state index in [0.717, 1.165) is 36.3 Å². The van der Waals surface area contributed by atoms with Crippen molar-refractivity contribution in [3.05, 3.63) is 29.3 Å². The molecule has 0 bridgehead atoms. The van der Waals surface area contributed by atoms with Crippen LogP contribution in [0.15, 0.2) is 24.3 Å². The van der Waals surface area contributed by atoms with E-state index in [2.05, 4.69) is 11.1 Å². The van der Waals surface area contributed by atoms with Crippen molar-refractivity contribution in [3.8, 4) is 0 Å². The maximum Gasteiger partial charge on any atom is 0.222 e. The van der Waals surface area contributed by atoms with Crippen LogP contribution in [0.2, 0.25) is 0 Å². The summed E-state index contributed by atoms with van der Waals surface area (Å²) in [6, 6.07) is 8.11. The van der Waals surface area contributed by atoms with E-state index in [0.29, 0.717) is 26.1 Å². The largest absolute Gasteiger partial charge is 0.396 e. The first-order valence-corrected chi connectivity index (χ1v) is 10.8. The van der Waals surface area contributed by atoms with Crippen LogP contribution in [-0.2, 0) is 16.0 Å². The summed E-state index contributed by atoms with van der Waals surface area (Å²) in [6.07, 6.45) is 2.95. The molecule has 3 heterocycles. The van der Waals surface area contributed by atoms with Gasteiger partial charge in [-0.2, -0.15) is 0 Å². The van der Waals surface area contributed by atoms with Gasteiger partial charge in [0.05, 0.1) is 21.8 Å². The molecular formula is C21H27N3O3S. The van der Waals surface area contributed by atoms with Gasteiger partial charge in [0.2, 0.25) is 11.8 Å². The molecule has 2 aliphatic rings. The van der Waals surface area contributed by atoms with E-state index < -0.39 is 0 Å². The molecule has 1 N–H and O–H groups in total. The van der Waals surface area contributed by atoms with Crippen LogP contribution in [0.5, 0.6) is 0 Å². The number of fused-ring (bicyclic) bond motifs is 2. The minimum absolute atomic E-state index is 0.0247.